The van der Waals surface area contributed by atoms with Crippen molar-refractivity contribution in [1.29, 1.82) is 0 Å². The molecular weight excluding hydrogens is 475 g/mol. The second kappa shape index (κ2) is 10.4. The van der Waals surface area contributed by atoms with Gasteiger partial charge in [-0.15, -0.1) is 5.10 Å². The van der Waals surface area contributed by atoms with E-state index < -0.39 is 21.7 Å². The zero-order chi connectivity index (χ0) is 25.1. The van der Waals surface area contributed by atoms with Crippen LogP contribution in [0.5, 0.6) is 5.88 Å². The van der Waals surface area contributed by atoms with Gasteiger partial charge in [0.25, 0.3) is 0 Å². The van der Waals surface area contributed by atoms with E-state index in [9.17, 15) is 12.8 Å². The maximum absolute atomic E-state index is 13.7. The summed E-state index contributed by atoms with van der Waals surface area (Å²) in [6.45, 7) is 5.37. The minimum Gasteiger partial charge on any atom is -0.465 e. The molecular formula is C25H29FN2O6S. The van der Waals surface area contributed by atoms with Gasteiger partial charge in [0.1, 0.15) is 5.82 Å². The van der Waals surface area contributed by atoms with Gasteiger partial charge in [-0.25, -0.2) is 12.8 Å². The summed E-state index contributed by atoms with van der Waals surface area (Å²) < 4.78 is 61.5. The van der Waals surface area contributed by atoms with Crippen LogP contribution in [0, 0.1) is 5.82 Å². The zero-order valence-corrected chi connectivity index (χ0v) is 20.7. The molecule has 1 saturated heterocycles. The van der Waals surface area contributed by atoms with Crippen LogP contribution in [0.25, 0.3) is 22.4 Å². The van der Waals surface area contributed by atoms with Crippen LogP contribution in [0.2, 0.25) is 0 Å². The van der Waals surface area contributed by atoms with Crippen molar-refractivity contribution in [1.82, 2.24) is 10.2 Å². The minimum absolute atomic E-state index is 0.207. The van der Waals surface area contributed by atoms with E-state index >= 15 is 0 Å². The molecule has 2 aromatic carbocycles. The highest BCUT2D eigenvalue weighted by Crippen LogP contribution is 2.40. The first-order valence-electron chi connectivity index (χ1n) is 11.4. The summed E-state index contributed by atoms with van der Waals surface area (Å²) in [5.41, 5.74) is 2.57. The summed E-state index contributed by atoms with van der Waals surface area (Å²) in [5, 5.41) is 7.42. The normalized spacial score (nSPS) is 17.9. The van der Waals surface area contributed by atoms with Crippen molar-refractivity contribution in [3.05, 3.63) is 54.3 Å². The largest absolute Gasteiger partial charge is 0.465 e. The van der Waals surface area contributed by atoms with Gasteiger partial charge in [-0.05, 0) is 43.7 Å². The van der Waals surface area contributed by atoms with Gasteiger partial charge in [-0.1, -0.05) is 24.3 Å². The molecule has 1 aliphatic heterocycles. The number of halogens is 1. The lowest BCUT2D eigenvalue weighted by atomic mass is 10.0. The molecule has 1 atom stereocenters. The molecule has 4 rings (SSSR count). The maximum Gasteiger partial charge on any atom is 0.241 e. The van der Waals surface area contributed by atoms with Crippen molar-refractivity contribution >= 4 is 9.84 Å². The summed E-state index contributed by atoms with van der Waals surface area (Å²) in [4.78, 5) is 0.207. The number of aromatic amines is 1. The number of H-pyrrole nitrogens is 1. The Bertz CT molecular complexity index is 1230. The number of ether oxygens (including phenoxy) is 4. The lowest BCUT2D eigenvalue weighted by molar-refractivity contribution is -0.305. The second-order valence-corrected chi connectivity index (χ2v) is 10.2. The third-order valence-electron chi connectivity index (χ3n) is 5.82. The van der Waals surface area contributed by atoms with Crippen LogP contribution in [0.4, 0.5) is 4.39 Å². The van der Waals surface area contributed by atoms with Crippen LogP contribution >= 0.6 is 0 Å². The number of aromatic nitrogens is 2. The molecule has 35 heavy (non-hydrogen) atoms. The summed E-state index contributed by atoms with van der Waals surface area (Å²) in [6.07, 6.45) is 1.05. The first kappa shape index (κ1) is 25.3. The van der Waals surface area contributed by atoms with Gasteiger partial charge >= 0.3 is 0 Å². The van der Waals surface area contributed by atoms with Crippen LogP contribution in [-0.4, -0.2) is 63.2 Å². The van der Waals surface area contributed by atoms with E-state index in [2.05, 4.69) is 10.2 Å². The Labute approximate surface area is 204 Å². The number of hydrogen-bond acceptors (Lipinski definition) is 7. The highest BCUT2D eigenvalue weighted by atomic mass is 32.2. The fourth-order valence-corrected chi connectivity index (χ4v) is 4.82. The van der Waals surface area contributed by atoms with E-state index in [0.29, 0.717) is 48.6 Å². The molecule has 1 fully saturated rings. The van der Waals surface area contributed by atoms with Crippen molar-refractivity contribution < 1.29 is 31.8 Å². The van der Waals surface area contributed by atoms with Crippen LogP contribution in [-0.2, 0) is 24.0 Å². The average molecular weight is 505 g/mol. The van der Waals surface area contributed by atoms with E-state index in [1.807, 2.05) is 13.8 Å². The first-order chi connectivity index (χ1) is 16.8. The molecule has 3 aromatic rings. The number of rotatable bonds is 9. The molecule has 8 nitrogen and oxygen atoms in total. The molecule has 0 bridgehead atoms. The monoisotopic (exact) mass is 504 g/mol. The minimum atomic E-state index is -3.34. The summed E-state index contributed by atoms with van der Waals surface area (Å²) in [5.74, 6) is -1.08. The number of nitrogens with one attached hydrogen (secondary N) is 1. The Morgan fingerprint density at radius 1 is 1.06 bits per heavy atom. The van der Waals surface area contributed by atoms with Crippen molar-refractivity contribution in [3.8, 4) is 28.3 Å². The van der Waals surface area contributed by atoms with Crippen LogP contribution < -0.4 is 4.74 Å². The smallest absolute Gasteiger partial charge is 0.241 e. The van der Waals surface area contributed by atoms with E-state index in [4.69, 9.17) is 18.9 Å². The standard InChI is InChI=1S/C25H29FN2O6S/c1-4-32-25(33-5-2)14-15-31-16-21(25)34-24-22(17-6-10-19(26)11-7-17)23(27-28-24)18-8-12-20(13-9-18)35(3,29)30/h6-13,21H,4-5,14-16H2,1-3H3,(H,27,28). The lowest BCUT2D eigenvalue weighted by Gasteiger charge is -2.42. The van der Waals surface area contributed by atoms with Crippen LogP contribution in [0.3, 0.4) is 0 Å². The predicted octanol–water partition coefficient (Wildman–Crippen LogP) is 4.22. The molecule has 0 spiro atoms. The quantitative estimate of drug-likeness (QED) is 0.436. The van der Waals surface area contributed by atoms with Gasteiger partial charge in [0.05, 0.1) is 29.4 Å². The van der Waals surface area contributed by atoms with Gasteiger partial charge < -0.3 is 18.9 Å². The van der Waals surface area contributed by atoms with E-state index in [1.165, 1.54) is 24.3 Å². The van der Waals surface area contributed by atoms with Gasteiger partial charge in [0.15, 0.2) is 15.9 Å². The first-order valence-corrected chi connectivity index (χ1v) is 13.3. The van der Waals surface area contributed by atoms with Gasteiger partial charge in [0, 0.05) is 31.5 Å². The summed E-state index contributed by atoms with van der Waals surface area (Å²) >= 11 is 0. The Kier molecular flexibility index (Phi) is 7.56. The van der Waals surface area contributed by atoms with Crippen molar-refractivity contribution in [2.45, 2.75) is 37.1 Å². The second-order valence-electron chi connectivity index (χ2n) is 8.19. The van der Waals surface area contributed by atoms with Gasteiger partial charge in [-0.3, -0.25) is 5.10 Å². The molecule has 188 valence electrons. The van der Waals surface area contributed by atoms with Gasteiger partial charge in [0.2, 0.25) is 11.7 Å². The van der Waals surface area contributed by atoms with Crippen LogP contribution in [0.1, 0.15) is 20.3 Å². The fraction of sp³-hybridized carbons (Fsp3) is 0.400. The summed E-state index contributed by atoms with van der Waals surface area (Å²) in [6, 6.07) is 12.4. The third-order valence-corrected chi connectivity index (χ3v) is 6.95. The molecule has 2 heterocycles. The number of nitrogens with zero attached hydrogens (tertiary/aromatic N) is 1. The topological polar surface area (TPSA) is 99.7 Å². The molecule has 1 N–H and O–H groups in total. The average Bonchev–Trinajstić information content (AvgIpc) is 3.24. The van der Waals surface area contributed by atoms with E-state index in [0.717, 1.165) is 6.26 Å². The molecule has 0 saturated carbocycles. The Balaban J connectivity index is 1.77. The molecule has 1 unspecified atom stereocenters. The molecule has 10 heteroatoms. The summed E-state index contributed by atoms with van der Waals surface area (Å²) in [7, 11) is -3.34. The number of benzene rings is 2. The molecule has 0 amide bonds. The molecule has 0 aliphatic carbocycles. The van der Waals surface area contributed by atoms with Crippen molar-refractivity contribution in [3.63, 3.8) is 0 Å². The van der Waals surface area contributed by atoms with Gasteiger partial charge in [-0.2, -0.15) is 0 Å². The number of hydrogen-bond donors (Lipinski definition) is 1. The predicted molar refractivity (Wildman–Crippen MR) is 128 cm³/mol. The van der Waals surface area contributed by atoms with E-state index in [-0.39, 0.29) is 23.2 Å². The van der Waals surface area contributed by atoms with Crippen molar-refractivity contribution in [2.75, 3.05) is 32.7 Å². The molecule has 1 aliphatic rings. The zero-order valence-electron chi connectivity index (χ0n) is 19.9. The molecule has 1 aromatic heterocycles. The Morgan fingerprint density at radius 2 is 1.69 bits per heavy atom. The fourth-order valence-electron chi connectivity index (χ4n) is 4.18. The maximum atomic E-state index is 13.7. The lowest BCUT2D eigenvalue weighted by Crippen LogP contribution is -2.56. The third kappa shape index (κ3) is 5.40. The number of sulfone groups is 1. The van der Waals surface area contributed by atoms with E-state index in [1.54, 1.807) is 24.3 Å². The Hall–Kier alpha value is -2.79. The Morgan fingerprint density at radius 3 is 2.29 bits per heavy atom. The molecule has 0 radical (unpaired) electrons. The van der Waals surface area contributed by atoms with Crippen molar-refractivity contribution in [2.24, 2.45) is 0 Å². The SMILES string of the molecule is CCOC1(OCC)CCOCC1Oc1n[nH]c(-c2ccc(S(C)(=O)=O)cc2)c1-c1ccc(F)cc1. The van der Waals surface area contributed by atoms with Crippen LogP contribution in [0.15, 0.2) is 53.4 Å². The highest BCUT2D eigenvalue weighted by molar-refractivity contribution is 7.90. The highest BCUT2D eigenvalue weighted by Gasteiger charge is 2.46.